The predicted octanol–water partition coefficient (Wildman–Crippen LogP) is 5.00. The molecule has 0 radical (unpaired) electrons. The molecule has 164 valence electrons. The smallest absolute Gasteiger partial charge is 0.328 e. The van der Waals surface area contributed by atoms with E-state index in [1.165, 1.54) is 12.0 Å². The maximum atomic E-state index is 13.9. The van der Waals surface area contributed by atoms with Crippen molar-refractivity contribution in [2.45, 2.75) is 23.3 Å². The lowest BCUT2D eigenvalue weighted by Crippen LogP contribution is -2.43. The summed E-state index contributed by atoms with van der Waals surface area (Å²) in [6.07, 6.45) is 0.620. The average Bonchev–Trinajstić information content (AvgIpc) is 3.29. The van der Waals surface area contributed by atoms with Gasteiger partial charge in [0.1, 0.15) is 6.04 Å². The number of thioether (sulfide) groups is 1. The Kier molecular flexibility index (Phi) is 7.28. The van der Waals surface area contributed by atoms with Crippen LogP contribution in [0.5, 0.6) is 0 Å². The summed E-state index contributed by atoms with van der Waals surface area (Å²) in [7, 11) is 1.39. The lowest BCUT2D eigenvalue weighted by Gasteiger charge is -2.28. The number of carbonyl (C=O) groups excluding carboxylic acids is 2. The van der Waals surface area contributed by atoms with Crippen LogP contribution in [0.4, 0.5) is 0 Å². The van der Waals surface area contributed by atoms with Crippen LogP contribution in [0, 0.1) is 5.92 Å². The van der Waals surface area contributed by atoms with Crippen LogP contribution in [0.15, 0.2) is 95.9 Å². The minimum absolute atomic E-state index is 0.0509. The quantitative estimate of drug-likeness (QED) is 0.379. The summed E-state index contributed by atoms with van der Waals surface area (Å²) < 4.78 is 5.08. The van der Waals surface area contributed by atoms with Gasteiger partial charge in [-0.2, -0.15) is 0 Å². The second-order valence-corrected chi connectivity index (χ2v) is 9.10. The fraction of sp³-hybridized carbons (Fsp3) is 0.259. The van der Waals surface area contributed by atoms with Crippen molar-refractivity contribution in [1.29, 1.82) is 0 Å². The van der Waals surface area contributed by atoms with Crippen LogP contribution in [-0.4, -0.2) is 42.2 Å². The Bertz CT molecular complexity index is 987. The van der Waals surface area contributed by atoms with Crippen LogP contribution >= 0.6 is 11.8 Å². The van der Waals surface area contributed by atoms with Crippen LogP contribution in [0.2, 0.25) is 0 Å². The number of amides is 1. The van der Waals surface area contributed by atoms with Crippen molar-refractivity contribution in [3.05, 3.63) is 102 Å². The first-order valence-corrected chi connectivity index (χ1v) is 11.8. The van der Waals surface area contributed by atoms with Gasteiger partial charge in [-0.1, -0.05) is 78.9 Å². The van der Waals surface area contributed by atoms with E-state index in [1.54, 1.807) is 16.7 Å². The zero-order valence-electron chi connectivity index (χ0n) is 18.1. The fourth-order valence-electron chi connectivity index (χ4n) is 4.31. The SMILES string of the molecule is COC(=O)C1CC(CSc2ccccc2)CN1C(=O)C(c1ccccc1)c1ccccc1. The molecule has 0 spiro atoms. The minimum Gasteiger partial charge on any atom is -0.467 e. The van der Waals surface area contributed by atoms with Crippen molar-refractivity contribution in [3.63, 3.8) is 0 Å². The zero-order valence-corrected chi connectivity index (χ0v) is 18.9. The Morgan fingerprint density at radius 3 is 1.97 bits per heavy atom. The molecule has 4 nitrogen and oxygen atoms in total. The molecule has 5 heteroatoms. The number of carbonyl (C=O) groups is 2. The molecule has 1 saturated heterocycles. The molecule has 0 aliphatic carbocycles. The number of methoxy groups -OCH3 is 1. The number of ether oxygens (including phenoxy) is 1. The Labute approximate surface area is 193 Å². The standard InChI is InChI=1S/C27H27NO3S/c1-31-27(30)24-17-20(19-32-23-15-9-4-10-16-23)18-28(24)26(29)25(21-11-5-2-6-12-21)22-13-7-3-8-14-22/h2-16,20,24-25H,17-19H2,1H3. The van der Waals surface area contributed by atoms with Crippen LogP contribution in [0.3, 0.4) is 0 Å². The Hall–Kier alpha value is -3.05. The Morgan fingerprint density at radius 1 is 0.906 bits per heavy atom. The van der Waals surface area contributed by atoms with Gasteiger partial charge in [0.05, 0.1) is 13.0 Å². The summed E-state index contributed by atoms with van der Waals surface area (Å²) in [5.41, 5.74) is 1.85. The lowest BCUT2D eigenvalue weighted by molar-refractivity contribution is -0.151. The third-order valence-corrected chi connectivity index (χ3v) is 7.13. The summed E-state index contributed by atoms with van der Waals surface area (Å²) in [5.74, 6) is 0.226. The van der Waals surface area contributed by atoms with Crippen molar-refractivity contribution in [1.82, 2.24) is 4.90 Å². The van der Waals surface area contributed by atoms with Gasteiger partial charge in [0.2, 0.25) is 5.91 Å². The maximum Gasteiger partial charge on any atom is 0.328 e. The summed E-state index contributed by atoms with van der Waals surface area (Å²) >= 11 is 1.76. The topological polar surface area (TPSA) is 46.6 Å². The highest BCUT2D eigenvalue weighted by Gasteiger charge is 2.42. The lowest BCUT2D eigenvalue weighted by atomic mass is 9.90. The first-order valence-electron chi connectivity index (χ1n) is 10.8. The summed E-state index contributed by atoms with van der Waals surface area (Å²) in [4.78, 5) is 29.5. The van der Waals surface area contributed by atoms with Gasteiger partial charge in [0, 0.05) is 17.2 Å². The number of nitrogens with zero attached hydrogens (tertiary/aromatic N) is 1. The molecule has 0 aromatic heterocycles. The summed E-state index contributed by atoms with van der Waals surface area (Å²) in [6, 6.07) is 29.2. The second kappa shape index (κ2) is 10.5. The van der Waals surface area contributed by atoms with Gasteiger partial charge in [-0.25, -0.2) is 4.79 Å². The van der Waals surface area contributed by atoms with Gasteiger partial charge >= 0.3 is 5.97 Å². The maximum absolute atomic E-state index is 13.9. The molecule has 1 amide bonds. The molecule has 3 aromatic carbocycles. The molecule has 1 aliphatic rings. The molecule has 0 N–H and O–H groups in total. The van der Waals surface area contributed by atoms with E-state index in [4.69, 9.17) is 4.74 Å². The van der Waals surface area contributed by atoms with Crippen molar-refractivity contribution in [2.75, 3.05) is 19.4 Å². The number of hydrogen-bond acceptors (Lipinski definition) is 4. The van der Waals surface area contributed by atoms with Crippen LogP contribution in [0.25, 0.3) is 0 Å². The molecular formula is C27H27NO3S. The number of rotatable bonds is 7. The van der Waals surface area contributed by atoms with Gasteiger partial charge in [0.25, 0.3) is 0 Å². The average molecular weight is 446 g/mol. The normalized spacial score (nSPS) is 18.0. The highest BCUT2D eigenvalue weighted by Crippen LogP contribution is 2.34. The van der Waals surface area contributed by atoms with Gasteiger partial charge in [-0.05, 0) is 35.6 Å². The third-order valence-electron chi connectivity index (χ3n) is 5.89. The zero-order chi connectivity index (χ0) is 22.3. The monoisotopic (exact) mass is 445 g/mol. The number of hydrogen-bond donors (Lipinski definition) is 0. The molecule has 1 fully saturated rings. The van der Waals surface area contributed by atoms with Gasteiger partial charge in [-0.3, -0.25) is 4.79 Å². The van der Waals surface area contributed by atoms with Crippen molar-refractivity contribution >= 4 is 23.6 Å². The molecule has 1 heterocycles. The number of likely N-dealkylation sites (tertiary alicyclic amines) is 1. The fourth-order valence-corrected chi connectivity index (χ4v) is 5.33. The van der Waals surface area contributed by atoms with E-state index < -0.39 is 12.0 Å². The highest BCUT2D eigenvalue weighted by atomic mass is 32.2. The van der Waals surface area contributed by atoms with Crippen LogP contribution in [0.1, 0.15) is 23.5 Å². The van der Waals surface area contributed by atoms with Crippen molar-refractivity contribution < 1.29 is 14.3 Å². The van der Waals surface area contributed by atoms with E-state index in [0.29, 0.717) is 13.0 Å². The summed E-state index contributed by atoms with van der Waals surface area (Å²) in [6.45, 7) is 0.550. The van der Waals surface area contributed by atoms with Gasteiger partial charge in [0.15, 0.2) is 0 Å². The largest absolute Gasteiger partial charge is 0.467 e. The molecule has 4 rings (SSSR count). The van der Waals surface area contributed by atoms with E-state index in [2.05, 4.69) is 12.1 Å². The second-order valence-electron chi connectivity index (χ2n) is 8.01. The molecule has 32 heavy (non-hydrogen) atoms. The van der Waals surface area contributed by atoms with Crippen LogP contribution in [-0.2, 0) is 14.3 Å². The molecule has 2 unspecified atom stereocenters. The van der Waals surface area contributed by atoms with E-state index in [0.717, 1.165) is 16.9 Å². The molecular weight excluding hydrogens is 418 g/mol. The van der Waals surface area contributed by atoms with Gasteiger partial charge in [-0.15, -0.1) is 11.8 Å². The highest BCUT2D eigenvalue weighted by molar-refractivity contribution is 7.99. The molecule has 1 aliphatic heterocycles. The first kappa shape index (κ1) is 22.2. The van der Waals surface area contributed by atoms with Crippen molar-refractivity contribution in [3.8, 4) is 0 Å². The van der Waals surface area contributed by atoms with E-state index in [-0.39, 0.29) is 17.8 Å². The van der Waals surface area contributed by atoms with Crippen LogP contribution < -0.4 is 0 Å². The minimum atomic E-state index is -0.552. The summed E-state index contributed by atoms with van der Waals surface area (Å²) in [5, 5.41) is 0. The predicted molar refractivity (Wildman–Crippen MR) is 128 cm³/mol. The van der Waals surface area contributed by atoms with Crippen molar-refractivity contribution in [2.24, 2.45) is 5.92 Å². The number of benzene rings is 3. The molecule has 3 aromatic rings. The van der Waals surface area contributed by atoms with E-state index in [9.17, 15) is 9.59 Å². The Morgan fingerprint density at radius 2 is 1.44 bits per heavy atom. The van der Waals surface area contributed by atoms with Gasteiger partial charge < -0.3 is 9.64 Å². The molecule has 2 atom stereocenters. The van der Waals surface area contributed by atoms with E-state index in [1.807, 2.05) is 78.9 Å². The Balaban J connectivity index is 1.58. The molecule has 0 bridgehead atoms. The van der Waals surface area contributed by atoms with E-state index >= 15 is 0 Å². The third kappa shape index (κ3) is 5.05. The molecule has 0 saturated carbocycles. The first-order chi connectivity index (χ1) is 15.7. The number of esters is 1.